The smallest absolute Gasteiger partial charge is 0.251 e. The van der Waals surface area contributed by atoms with Gasteiger partial charge in [0, 0.05) is 22.4 Å². The topological polar surface area (TPSA) is 46.4 Å². The Labute approximate surface area is 151 Å². The molecule has 0 saturated heterocycles. The summed E-state index contributed by atoms with van der Waals surface area (Å²) >= 11 is 15.2. The lowest BCUT2D eigenvalue weighted by atomic mass is 10.2. The molecule has 3 aromatic rings. The lowest BCUT2D eigenvalue weighted by Crippen LogP contribution is -2.22. The van der Waals surface area contributed by atoms with Crippen molar-refractivity contribution >= 4 is 50.7 Å². The highest BCUT2D eigenvalue weighted by molar-refractivity contribution is 9.10. The Bertz CT molecular complexity index is 908. The molecule has 0 bridgehead atoms. The molecule has 1 aromatic carbocycles. The molecule has 0 spiro atoms. The highest BCUT2D eigenvalue weighted by Crippen LogP contribution is 2.22. The lowest BCUT2D eigenvalue weighted by Gasteiger charge is -2.04. The van der Waals surface area contributed by atoms with Crippen LogP contribution in [0.2, 0.25) is 10.0 Å². The third-order valence-corrected chi connectivity index (χ3v) is 4.54. The van der Waals surface area contributed by atoms with Gasteiger partial charge in [-0.05, 0) is 52.7 Å². The number of pyridine rings is 1. The van der Waals surface area contributed by atoms with Crippen LogP contribution >= 0.6 is 39.1 Å². The van der Waals surface area contributed by atoms with Crippen LogP contribution in [0.4, 0.5) is 0 Å². The zero-order chi connectivity index (χ0) is 16.6. The SMILES string of the molecule is Cc1cc(Br)cn2cc(CNC(=O)c3ccc(Cl)c(Cl)c3)nc12. The zero-order valence-electron chi connectivity index (χ0n) is 12.1. The number of nitrogens with zero attached hydrogens (tertiary/aromatic N) is 2. The number of aromatic nitrogens is 2. The summed E-state index contributed by atoms with van der Waals surface area (Å²) in [7, 11) is 0. The van der Waals surface area contributed by atoms with Gasteiger partial charge in [-0.15, -0.1) is 0 Å². The number of halogens is 3. The third-order valence-electron chi connectivity index (χ3n) is 3.36. The molecule has 0 atom stereocenters. The van der Waals surface area contributed by atoms with E-state index in [2.05, 4.69) is 26.2 Å². The minimum atomic E-state index is -0.224. The molecule has 0 aliphatic carbocycles. The van der Waals surface area contributed by atoms with Gasteiger partial charge in [0.2, 0.25) is 0 Å². The average molecular weight is 413 g/mol. The number of aryl methyl sites for hydroxylation is 1. The first kappa shape index (κ1) is 16.3. The van der Waals surface area contributed by atoms with Crippen molar-refractivity contribution in [2.24, 2.45) is 0 Å². The van der Waals surface area contributed by atoms with Crippen molar-refractivity contribution in [3.63, 3.8) is 0 Å². The molecule has 0 radical (unpaired) electrons. The molecule has 2 heterocycles. The Morgan fingerprint density at radius 3 is 2.78 bits per heavy atom. The molecule has 0 fully saturated rings. The molecule has 2 aromatic heterocycles. The third kappa shape index (κ3) is 3.52. The molecular formula is C16H12BrCl2N3O. The van der Waals surface area contributed by atoms with Crippen molar-refractivity contribution in [3.05, 3.63) is 68.0 Å². The molecule has 0 saturated carbocycles. The van der Waals surface area contributed by atoms with Crippen LogP contribution in [-0.2, 0) is 6.54 Å². The van der Waals surface area contributed by atoms with Crippen molar-refractivity contribution in [1.82, 2.24) is 14.7 Å². The fourth-order valence-electron chi connectivity index (χ4n) is 2.27. The molecule has 0 aliphatic heterocycles. The lowest BCUT2D eigenvalue weighted by molar-refractivity contribution is 0.0950. The van der Waals surface area contributed by atoms with Crippen LogP contribution in [0.1, 0.15) is 21.6 Å². The first-order chi connectivity index (χ1) is 10.9. The number of nitrogens with one attached hydrogen (secondary N) is 1. The number of amides is 1. The van der Waals surface area contributed by atoms with Crippen LogP contribution in [0.15, 0.2) is 41.1 Å². The number of imidazole rings is 1. The van der Waals surface area contributed by atoms with Gasteiger partial charge in [0.1, 0.15) is 5.65 Å². The molecule has 118 valence electrons. The van der Waals surface area contributed by atoms with E-state index >= 15 is 0 Å². The Morgan fingerprint density at radius 2 is 2.04 bits per heavy atom. The Balaban J connectivity index is 1.76. The van der Waals surface area contributed by atoms with E-state index in [9.17, 15) is 4.79 Å². The second-order valence-corrected chi connectivity index (χ2v) is 6.85. The molecule has 0 aliphatic rings. The van der Waals surface area contributed by atoms with Gasteiger partial charge in [-0.1, -0.05) is 23.2 Å². The summed E-state index contributed by atoms with van der Waals surface area (Å²) in [5.41, 5.74) is 3.16. The highest BCUT2D eigenvalue weighted by atomic mass is 79.9. The quantitative estimate of drug-likeness (QED) is 0.680. The fourth-order valence-corrected chi connectivity index (χ4v) is 3.13. The van der Waals surface area contributed by atoms with E-state index < -0.39 is 0 Å². The van der Waals surface area contributed by atoms with Gasteiger partial charge in [-0.2, -0.15) is 0 Å². The fraction of sp³-hybridized carbons (Fsp3) is 0.125. The average Bonchev–Trinajstić information content (AvgIpc) is 2.91. The van der Waals surface area contributed by atoms with Crippen molar-refractivity contribution in [2.45, 2.75) is 13.5 Å². The first-order valence-corrected chi connectivity index (χ1v) is 8.36. The Hall–Kier alpha value is -1.56. The van der Waals surface area contributed by atoms with Crippen molar-refractivity contribution in [1.29, 1.82) is 0 Å². The summed E-state index contributed by atoms with van der Waals surface area (Å²) in [5, 5.41) is 3.60. The van der Waals surface area contributed by atoms with E-state index in [1.54, 1.807) is 18.2 Å². The normalized spacial score (nSPS) is 11.0. The number of rotatable bonds is 3. The number of carbonyl (C=O) groups excluding carboxylic acids is 1. The second-order valence-electron chi connectivity index (χ2n) is 5.12. The van der Waals surface area contributed by atoms with Gasteiger partial charge in [-0.25, -0.2) is 4.98 Å². The van der Waals surface area contributed by atoms with Crippen LogP contribution < -0.4 is 5.32 Å². The van der Waals surface area contributed by atoms with Gasteiger partial charge in [0.05, 0.1) is 22.3 Å². The predicted octanol–water partition coefficient (Wildman–Crippen LogP) is 4.64. The summed E-state index contributed by atoms with van der Waals surface area (Å²) in [5.74, 6) is -0.224. The Kier molecular flexibility index (Phi) is 4.62. The maximum Gasteiger partial charge on any atom is 0.251 e. The maximum absolute atomic E-state index is 12.2. The second kappa shape index (κ2) is 6.51. The molecule has 4 nitrogen and oxygen atoms in total. The van der Waals surface area contributed by atoms with E-state index in [1.807, 2.05) is 29.8 Å². The summed E-state index contributed by atoms with van der Waals surface area (Å²) < 4.78 is 2.91. The number of fused-ring (bicyclic) bond motifs is 1. The molecule has 3 rings (SSSR count). The number of benzene rings is 1. The maximum atomic E-state index is 12.2. The largest absolute Gasteiger partial charge is 0.346 e. The van der Waals surface area contributed by atoms with Crippen LogP contribution in [-0.4, -0.2) is 15.3 Å². The number of carbonyl (C=O) groups is 1. The minimum Gasteiger partial charge on any atom is -0.346 e. The molecule has 23 heavy (non-hydrogen) atoms. The van der Waals surface area contributed by atoms with Crippen LogP contribution in [0.5, 0.6) is 0 Å². The van der Waals surface area contributed by atoms with E-state index in [4.69, 9.17) is 23.2 Å². The predicted molar refractivity (Wildman–Crippen MR) is 95.3 cm³/mol. The summed E-state index contributed by atoms with van der Waals surface area (Å²) in [6, 6.07) is 6.78. The highest BCUT2D eigenvalue weighted by Gasteiger charge is 2.10. The summed E-state index contributed by atoms with van der Waals surface area (Å²) in [6.45, 7) is 2.32. The van der Waals surface area contributed by atoms with E-state index in [0.29, 0.717) is 22.2 Å². The minimum absolute atomic E-state index is 0.224. The molecular weight excluding hydrogens is 401 g/mol. The zero-order valence-corrected chi connectivity index (χ0v) is 15.2. The molecule has 1 N–H and O–H groups in total. The number of hydrogen-bond donors (Lipinski definition) is 1. The monoisotopic (exact) mass is 411 g/mol. The van der Waals surface area contributed by atoms with Gasteiger partial charge in [-0.3, -0.25) is 4.79 Å². The van der Waals surface area contributed by atoms with E-state index in [1.165, 1.54) is 0 Å². The van der Waals surface area contributed by atoms with E-state index in [0.717, 1.165) is 21.4 Å². The molecule has 7 heteroatoms. The standard InChI is InChI=1S/C16H12BrCl2N3O/c1-9-4-11(17)7-22-8-12(21-15(9)22)6-20-16(23)10-2-3-13(18)14(19)5-10/h2-5,7-8H,6H2,1H3,(H,20,23). The van der Waals surface area contributed by atoms with E-state index in [-0.39, 0.29) is 5.91 Å². The van der Waals surface area contributed by atoms with Gasteiger partial charge in [0.25, 0.3) is 5.91 Å². The first-order valence-electron chi connectivity index (χ1n) is 6.81. The summed E-state index contributed by atoms with van der Waals surface area (Å²) in [6.07, 6.45) is 3.82. The van der Waals surface area contributed by atoms with Gasteiger partial charge < -0.3 is 9.72 Å². The van der Waals surface area contributed by atoms with Crippen LogP contribution in [0.3, 0.4) is 0 Å². The van der Waals surface area contributed by atoms with Crippen molar-refractivity contribution in [2.75, 3.05) is 0 Å². The van der Waals surface area contributed by atoms with Crippen molar-refractivity contribution in [3.8, 4) is 0 Å². The summed E-state index contributed by atoms with van der Waals surface area (Å²) in [4.78, 5) is 16.7. The van der Waals surface area contributed by atoms with Crippen molar-refractivity contribution < 1.29 is 4.79 Å². The van der Waals surface area contributed by atoms with Crippen LogP contribution in [0.25, 0.3) is 5.65 Å². The van der Waals surface area contributed by atoms with Gasteiger partial charge >= 0.3 is 0 Å². The number of hydrogen-bond acceptors (Lipinski definition) is 2. The molecule has 1 amide bonds. The molecule has 0 unspecified atom stereocenters. The van der Waals surface area contributed by atoms with Gasteiger partial charge in [0.15, 0.2) is 0 Å². The Morgan fingerprint density at radius 1 is 1.26 bits per heavy atom. The van der Waals surface area contributed by atoms with Crippen LogP contribution in [0, 0.1) is 6.92 Å².